The third-order valence-electron chi connectivity index (χ3n) is 3.97. The average molecular weight is 292 g/mol. The molecule has 1 heterocycles. The number of rotatable bonds is 8. The number of nitrogens with one attached hydrogen (secondary N) is 1. The van der Waals surface area contributed by atoms with E-state index in [1.165, 1.54) is 30.5 Å². The number of hydrogen-bond donors (Lipinski definition) is 1. The van der Waals surface area contributed by atoms with Crippen molar-refractivity contribution in [2.24, 2.45) is 0 Å². The summed E-state index contributed by atoms with van der Waals surface area (Å²) in [6.07, 6.45) is 4.96. The van der Waals surface area contributed by atoms with E-state index in [1.54, 1.807) is 14.2 Å². The summed E-state index contributed by atoms with van der Waals surface area (Å²) in [6.45, 7) is 4.95. The van der Waals surface area contributed by atoms with Gasteiger partial charge in [0.2, 0.25) is 0 Å². The largest absolute Gasteiger partial charge is 0.495 e. The minimum Gasteiger partial charge on any atom is -0.495 e. The van der Waals surface area contributed by atoms with Crippen molar-refractivity contribution in [2.45, 2.75) is 32.2 Å². The van der Waals surface area contributed by atoms with E-state index in [0.717, 1.165) is 45.0 Å². The number of nitrogens with zero attached hydrogens (tertiary/aromatic N) is 1. The van der Waals surface area contributed by atoms with Crippen molar-refractivity contribution in [3.63, 3.8) is 0 Å². The van der Waals surface area contributed by atoms with Gasteiger partial charge in [-0.1, -0.05) is 6.07 Å². The van der Waals surface area contributed by atoms with Gasteiger partial charge >= 0.3 is 0 Å². The second-order valence-electron chi connectivity index (χ2n) is 5.58. The molecule has 1 saturated heterocycles. The quantitative estimate of drug-likeness (QED) is 0.747. The molecule has 0 atom stereocenters. The Morgan fingerprint density at radius 1 is 1.14 bits per heavy atom. The fourth-order valence-corrected chi connectivity index (χ4v) is 2.80. The van der Waals surface area contributed by atoms with Crippen LogP contribution in [0.4, 0.5) is 5.69 Å². The van der Waals surface area contributed by atoms with Crippen molar-refractivity contribution in [3.8, 4) is 5.75 Å². The van der Waals surface area contributed by atoms with Crippen LogP contribution in [0, 0.1) is 0 Å². The molecular formula is C17H28N2O2. The highest BCUT2D eigenvalue weighted by Gasteiger charge is 2.15. The molecule has 4 heteroatoms. The van der Waals surface area contributed by atoms with Crippen molar-refractivity contribution in [1.82, 2.24) is 5.32 Å². The summed E-state index contributed by atoms with van der Waals surface area (Å²) in [7, 11) is 3.50. The van der Waals surface area contributed by atoms with E-state index in [0.29, 0.717) is 0 Å². The lowest BCUT2D eigenvalue weighted by molar-refractivity contribution is 0.194. The summed E-state index contributed by atoms with van der Waals surface area (Å²) in [5.41, 5.74) is 2.50. The minimum atomic E-state index is 0.810. The Balaban J connectivity index is 1.92. The first-order valence-corrected chi connectivity index (χ1v) is 7.96. The normalized spacial score (nSPS) is 15.2. The van der Waals surface area contributed by atoms with E-state index in [4.69, 9.17) is 9.47 Å². The molecule has 21 heavy (non-hydrogen) atoms. The molecule has 2 rings (SSSR count). The lowest BCUT2D eigenvalue weighted by Crippen LogP contribution is -2.29. The Morgan fingerprint density at radius 2 is 1.95 bits per heavy atom. The van der Waals surface area contributed by atoms with Gasteiger partial charge in [0.1, 0.15) is 5.75 Å². The van der Waals surface area contributed by atoms with Crippen LogP contribution in [0.5, 0.6) is 5.75 Å². The molecule has 0 aromatic heterocycles. The Kier molecular flexibility index (Phi) is 6.83. The summed E-state index contributed by atoms with van der Waals surface area (Å²) in [4.78, 5) is 2.44. The zero-order chi connectivity index (χ0) is 14.9. The summed E-state index contributed by atoms with van der Waals surface area (Å²) in [5.74, 6) is 0.994. The predicted octanol–water partition coefficient (Wildman–Crippen LogP) is 2.81. The Morgan fingerprint density at radius 3 is 2.67 bits per heavy atom. The molecule has 118 valence electrons. The molecule has 1 fully saturated rings. The van der Waals surface area contributed by atoms with Gasteiger partial charge in [-0.25, -0.2) is 0 Å². The molecule has 4 nitrogen and oxygen atoms in total. The molecule has 0 bridgehead atoms. The fourth-order valence-electron chi connectivity index (χ4n) is 2.80. The zero-order valence-corrected chi connectivity index (χ0v) is 13.4. The van der Waals surface area contributed by atoms with Crippen LogP contribution in [0.1, 0.15) is 31.2 Å². The highest BCUT2D eigenvalue weighted by Crippen LogP contribution is 2.31. The maximum absolute atomic E-state index is 5.59. The van der Waals surface area contributed by atoms with Crippen molar-refractivity contribution >= 4 is 5.69 Å². The molecule has 1 N–H and O–H groups in total. The van der Waals surface area contributed by atoms with Crippen molar-refractivity contribution in [3.05, 3.63) is 23.8 Å². The number of anilines is 1. The summed E-state index contributed by atoms with van der Waals surface area (Å²) >= 11 is 0. The van der Waals surface area contributed by atoms with Crippen LogP contribution in [0.15, 0.2) is 18.2 Å². The van der Waals surface area contributed by atoms with Crippen LogP contribution in [0.25, 0.3) is 0 Å². The molecule has 1 aliphatic rings. The number of ether oxygens (including phenoxy) is 2. The number of hydrogen-bond acceptors (Lipinski definition) is 4. The van der Waals surface area contributed by atoms with Gasteiger partial charge in [0.25, 0.3) is 0 Å². The minimum absolute atomic E-state index is 0.810. The second kappa shape index (κ2) is 8.90. The topological polar surface area (TPSA) is 33.7 Å². The summed E-state index contributed by atoms with van der Waals surface area (Å²) in [5, 5.41) is 3.44. The smallest absolute Gasteiger partial charge is 0.142 e. The average Bonchev–Trinajstić information content (AvgIpc) is 2.55. The Bertz CT molecular complexity index is 417. The summed E-state index contributed by atoms with van der Waals surface area (Å²) in [6, 6.07) is 6.57. The van der Waals surface area contributed by atoms with Crippen LogP contribution in [0.3, 0.4) is 0 Å². The SMILES string of the molecule is COCCCNCc1ccc(N2CCCCC2)c(OC)c1. The molecule has 0 aliphatic carbocycles. The third kappa shape index (κ3) is 4.90. The predicted molar refractivity (Wildman–Crippen MR) is 87.3 cm³/mol. The molecule has 0 radical (unpaired) electrons. The standard InChI is InChI=1S/C17H28N2O2/c1-20-12-6-9-18-14-15-7-8-16(17(13-15)21-2)19-10-4-3-5-11-19/h7-8,13,18H,3-6,9-12,14H2,1-2H3. The van der Waals surface area contributed by atoms with Crippen LogP contribution < -0.4 is 15.0 Å². The van der Waals surface area contributed by atoms with E-state index >= 15 is 0 Å². The van der Waals surface area contributed by atoms with Crippen LogP contribution in [0.2, 0.25) is 0 Å². The maximum Gasteiger partial charge on any atom is 0.142 e. The molecule has 1 aliphatic heterocycles. The lowest BCUT2D eigenvalue weighted by Gasteiger charge is -2.30. The van der Waals surface area contributed by atoms with E-state index in [1.807, 2.05) is 0 Å². The molecular weight excluding hydrogens is 264 g/mol. The monoisotopic (exact) mass is 292 g/mol. The molecule has 1 aromatic rings. The first-order chi connectivity index (χ1) is 10.3. The van der Waals surface area contributed by atoms with Gasteiger partial charge in [0.05, 0.1) is 12.8 Å². The number of piperidine rings is 1. The zero-order valence-electron chi connectivity index (χ0n) is 13.4. The Labute approximate surface area is 128 Å². The van der Waals surface area contributed by atoms with Crippen molar-refractivity contribution in [1.29, 1.82) is 0 Å². The van der Waals surface area contributed by atoms with E-state index in [9.17, 15) is 0 Å². The van der Waals surface area contributed by atoms with Crippen molar-refractivity contribution in [2.75, 3.05) is 45.4 Å². The van der Waals surface area contributed by atoms with Gasteiger partial charge in [-0.15, -0.1) is 0 Å². The third-order valence-corrected chi connectivity index (χ3v) is 3.97. The van der Waals surface area contributed by atoms with E-state index < -0.39 is 0 Å². The molecule has 0 saturated carbocycles. The maximum atomic E-state index is 5.59. The molecule has 0 amide bonds. The first kappa shape index (κ1) is 16.1. The van der Waals surface area contributed by atoms with Crippen LogP contribution in [-0.2, 0) is 11.3 Å². The molecule has 0 spiro atoms. The second-order valence-corrected chi connectivity index (χ2v) is 5.58. The summed E-state index contributed by atoms with van der Waals surface area (Å²) < 4.78 is 10.6. The van der Waals surface area contributed by atoms with Gasteiger partial charge in [0.15, 0.2) is 0 Å². The van der Waals surface area contributed by atoms with Crippen LogP contribution in [-0.4, -0.2) is 40.5 Å². The fraction of sp³-hybridized carbons (Fsp3) is 0.647. The van der Waals surface area contributed by atoms with Gasteiger partial charge in [-0.05, 0) is 49.9 Å². The Hall–Kier alpha value is -1.26. The highest BCUT2D eigenvalue weighted by atomic mass is 16.5. The molecule has 0 unspecified atom stereocenters. The van der Waals surface area contributed by atoms with E-state index in [2.05, 4.69) is 28.4 Å². The molecule has 1 aromatic carbocycles. The first-order valence-electron chi connectivity index (χ1n) is 7.96. The number of benzene rings is 1. The van der Waals surface area contributed by atoms with Gasteiger partial charge in [0, 0.05) is 33.4 Å². The van der Waals surface area contributed by atoms with E-state index in [-0.39, 0.29) is 0 Å². The van der Waals surface area contributed by atoms with Gasteiger partial charge in [-0.3, -0.25) is 0 Å². The van der Waals surface area contributed by atoms with Gasteiger partial charge < -0.3 is 19.7 Å². The van der Waals surface area contributed by atoms with Crippen molar-refractivity contribution < 1.29 is 9.47 Å². The van der Waals surface area contributed by atoms with Crippen LogP contribution >= 0.6 is 0 Å². The number of methoxy groups -OCH3 is 2. The van der Waals surface area contributed by atoms with Gasteiger partial charge in [-0.2, -0.15) is 0 Å². The highest BCUT2D eigenvalue weighted by molar-refractivity contribution is 5.60. The lowest BCUT2D eigenvalue weighted by atomic mass is 10.1.